The van der Waals surface area contributed by atoms with Gasteiger partial charge in [0.2, 0.25) is 0 Å². The number of aromatic nitrogens is 1. The largest absolute Gasteiger partial charge is 0.456 e. The normalized spacial score (nSPS) is 12.0. The summed E-state index contributed by atoms with van der Waals surface area (Å²) >= 11 is 1.77. The third kappa shape index (κ3) is 4.65. The molecule has 12 aromatic rings. The number of hydrogen-bond donors (Lipinski definition) is 0. The lowest BCUT2D eigenvalue weighted by molar-refractivity contribution is 0.669. The minimum atomic E-state index is 0.882. The first-order valence-corrected chi connectivity index (χ1v) is 19.4. The zero-order chi connectivity index (χ0) is 36.0. The van der Waals surface area contributed by atoms with Gasteiger partial charge in [0.15, 0.2) is 0 Å². The smallest absolute Gasteiger partial charge is 0.135 e. The molecule has 0 saturated heterocycles. The first-order chi connectivity index (χ1) is 27.2. The van der Waals surface area contributed by atoms with Crippen LogP contribution in [0, 0.1) is 0 Å². The van der Waals surface area contributed by atoms with Crippen molar-refractivity contribution in [3.8, 4) is 10.6 Å². The van der Waals surface area contributed by atoms with Crippen LogP contribution in [0.3, 0.4) is 0 Å². The number of rotatable bonds is 4. The van der Waals surface area contributed by atoms with Crippen molar-refractivity contribution in [2.45, 2.75) is 0 Å². The lowest BCUT2D eigenvalue weighted by atomic mass is 9.94. The maximum absolute atomic E-state index is 6.30. The molecule has 2 heterocycles. The van der Waals surface area contributed by atoms with Crippen LogP contribution in [0.1, 0.15) is 0 Å². The molecule has 0 saturated carbocycles. The maximum Gasteiger partial charge on any atom is 0.135 e. The zero-order valence-corrected chi connectivity index (χ0v) is 30.3. The van der Waals surface area contributed by atoms with Crippen LogP contribution < -0.4 is 4.90 Å². The summed E-state index contributed by atoms with van der Waals surface area (Å²) in [6.07, 6.45) is 0. The molecule has 3 nitrogen and oxygen atoms in total. The van der Waals surface area contributed by atoms with Gasteiger partial charge in [0.1, 0.15) is 16.2 Å². The van der Waals surface area contributed by atoms with Crippen LogP contribution in [0.5, 0.6) is 0 Å². The molecule has 0 aliphatic heterocycles. The van der Waals surface area contributed by atoms with E-state index in [2.05, 4.69) is 175 Å². The maximum atomic E-state index is 6.30. The van der Waals surface area contributed by atoms with Gasteiger partial charge in [-0.25, -0.2) is 4.98 Å². The van der Waals surface area contributed by atoms with Crippen LogP contribution in [0.2, 0.25) is 0 Å². The summed E-state index contributed by atoms with van der Waals surface area (Å²) in [6, 6.07) is 65.7. The molecular weight excluding hydrogens is 689 g/mol. The minimum absolute atomic E-state index is 0.882. The van der Waals surface area contributed by atoms with E-state index in [1.807, 2.05) is 12.1 Å². The van der Waals surface area contributed by atoms with Gasteiger partial charge in [-0.05, 0) is 103 Å². The van der Waals surface area contributed by atoms with Gasteiger partial charge in [-0.1, -0.05) is 127 Å². The van der Waals surface area contributed by atoms with Crippen molar-refractivity contribution >= 4 is 114 Å². The Labute approximate surface area is 319 Å². The molecule has 0 bridgehead atoms. The minimum Gasteiger partial charge on any atom is -0.456 e. The summed E-state index contributed by atoms with van der Waals surface area (Å²) in [4.78, 5) is 7.52. The molecule has 256 valence electrons. The van der Waals surface area contributed by atoms with Crippen LogP contribution in [0.4, 0.5) is 17.1 Å². The second-order valence-electron chi connectivity index (χ2n) is 14.3. The number of hydrogen-bond acceptors (Lipinski definition) is 4. The Balaban J connectivity index is 1.14. The van der Waals surface area contributed by atoms with Crippen LogP contribution in [0.15, 0.2) is 186 Å². The monoisotopic (exact) mass is 718 g/mol. The fourth-order valence-electron chi connectivity index (χ4n) is 8.69. The van der Waals surface area contributed by atoms with Crippen molar-refractivity contribution in [1.82, 2.24) is 4.98 Å². The molecular formula is C51H30N2OS. The Morgan fingerprint density at radius 1 is 0.400 bits per heavy atom. The van der Waals surface area contributed by atoms with Crippen LogP contribution in [-0.2, 0) is 0 Å². The molecule has 4 heteroatoms. The molecule has 0 unspecified atom stereocenters. The van der Waals surface area contributed by atoms with Gasteiger partial charge < -0.3 is 9.32 Å². The number of nitrogens with zero attached hydrogens (tertiary/aromatic N) is 2. The highest BCUT2D eigenvalue weighted by Crippen LogP contribution is 2.45. The van der Waals surface area contributed by atoms with Gasteiger partial charge in [-0.2, -0.15) is 0 Å². The molecule has 0 N–H and O–H groups in total. The number of fused-ring (bicyclic) bond motifs is 14. The highest BCUT2D eigenvalue weighted by Gasteiger charge is 2.19. The SMILES string of the molecule is c1ccc(-c2nc3ccc4ccc5ccc(N(c6ccc7oc8ccccc8c7c6)c6ccc7c8ccccc8c8ccccc8c7c6)cc5c4c3s2)cc1. The second kappa shape index (κ2) is 11.7. The van der Waals surface area contributed by atoms with E-state index in [0.717, 1.165) is 55.1 Å². The van der Waals surface area contributed by atoms with Crippen molar-refractivity contribution < 1.29 is 4.42 Å². The lowest BCUT2D eigenvalue weighted by Crippen LogP contribution is -2.10. The Morgan fingerprint density at radius 3 is 1.69 bits per heavy atom. The van der Waals surface area contributed by atoms with Crippen LogP contribution >= 0.6 is 11.3 Å². The highest BCUT2D eigenvalue weighted by atomic mass is 32.1. The van der Waals surface area contributed by atoms with Gasteiger partial charge in [0, 0.05) is 38.8 Å². The molecule has 0 radical (unpaired) electrons. The van der Waals surface area contributed by atoms with Gasteiger partial charge in [-0.3, -0.25) is 0 Å². The Hall–Kier alpha value is -7.01. The quantitative estimate of drug-likeness (QED) is 0.170. The number of para-hydroxylation sites is 1. The number of benzene rings is 10. The van der Waals surface area contributed by atoms with Crippen molar-refractivity contribution in [3.63, 3.8) is 0 Å². The van der Waals surface area contributed by atoms with Gasteiger partial charge in [0.25, 0.3) is 0 Å². The van der Waals surface area contributed by atoms with Crippen molar-refractivity contribution in [3.05, 3.63) is 182 Å². The van der Waals surface area contributed by atoms with E-state index < -0.39 is 0 Å². The molecule has 55 heavy (non-hydrogen) atoms. The summed E-state index contributed by atoms with van der Waals surface area (Å²) in [5, 5.41) is 15.6. The van der Waals surface area contributed by atoms with E-state index in [9.17, 15) is 0 Å². The number of anilines is 3. The van der Waals surface area contributed by atoms with Gasteiger partial charge in [0.05, 0.1) is 10.2 Å². The van der Waals surface area contributed by atoms with E-state index in [4.69, 9.17) is 9.40 Å². The molecule has 12 rings (SSSR count). The van der Waals surface area contributed by atoms with Crippen molar-refractivity contribution in [1.29, 1.82) is 0 Å². The van der Waals surface area contributed by atoms with E-state index >= 15 is 0 Å². The van der Waals surface area contributed by atoms with E-state index in [1.165, 1.54) is 58.6 Å². The third-order valence-corrected chi connectivity index (χ3v) is 12.4. The molecule has 0 aliphatic carbocycles. The summed E-state index contributed by atoms with van der Waals surface area (Å²) in [5.74, 6) is 0. The number of thiazole rings is 1. The average Bonchev–Trinajstić information content (AvgIpc) is 3.86. The summed E-state index contributed by atoms with van der Waals surface area (Å²) < 4.78 is 7.51. The Morgan fingerprint density at radius 2 is 0.927 bits per heavy atom. The highest BCUT2D eigenvalue weighted by molar-refractivity contribution is 7.22. The fraction of sp³-hybridized carbons (Fsp3) is 0. The number of furan rings is 1. The van der Waals surface area contributed by atoms with Crippen molar-refractivity contribution in [2.75, 3.05) is 4.90 Å². The molecule has 0 spiro atoms. The molecule has 0 atom stereocenters. The molecule has 2 aromatic heterocycles. The first-order valence-electron chi connectivity index (χ1n) is 18.6. The fourth-order valence-corrected chi connectivity index (χ4v) is 9.83. The van der Waals surface area contributed by atoms with Crippen molar-refractivity contribution in [2.24, 2.45) is 0 Å². The van der Waals surface area contributed by atoms with Crippen LogP contribution in [-0.4, -0.2) is 4.98 Å². The van der Waals surface area contributed by atoms with Gasteiger partial charge in [-0.15, -0.1) is 11.3 Å². The van der Waals surface area contributed by atoms with E-state index in [1.54, 1.807) is 11.3 Å². The standard InChI is InChI=1S/C51H30N2OS/c1-2-10-33(11-3-1)51-52-46-26-21-32-19-18-31-20-22-34(28-43(31)49(32)50(46)55-51)53(36-24-27-48-45(30-36)42-16-8-9-17-47(42)54-48)35-23-25-41-39-14-5-4-12-37(39)38-13-6-7-15-40(38)44(41)29-35/h1-30H. The topological polar surface area (TPSA) is 29.3 Å². The van der Waals surface area contributed by atoms with Gasteiger partial charge >= 0.3 is 0 Å². The Bertz CT molecular complexity index is 3470. The lowest BCUT2D eigenvalue weighted by Gasteiger charge is -2.27. The predicted molar refractivity (Wildman–Crippen MR) is 235 cm³/mol. The Kier molecular flexibility index (Phi) is 6.50. The van der Waals surface area contributed by atoms with Crippen LogP contribution in [0.25, 0.3) is 96.6 Å². The second-order valence-corrected chi connectivity index (χ2v) is 15.3. The summed E-state index contributed by atoms with van der Waals surface area (Å²) in [7, 11) is 0. The molecule has 0 amide bonds. The van der Waals surface area contributed by atoms with E-state index in [-0.39, 0.29) is 0 Å². The predicted octanol–water partition coefficient (Wildman–Crippen LogP) is 15.1. The zero-order valence-electron chi connectivity index (χ0n) is 29.5. The summed E-state index contributed by atoms with van der Waals surface area (Å²) in [6.45, 7) is 0. The first kappa shape index (κ1) is 30.5. The average molecular weight is 719 g/mol. The molecule has 0 aliphatic rings. The third-order valence-electron chi connectivity index (χ3n) is 11.2. The molecule has 0 fully saturated rings. The summed E-state index contributed by atoms with van der Waals surface area (Å²) in [5.41, 5.74) is 7.19. The molecule has 10 aromatic carbocycles. The van der Waals surface area contributed by atoms with E-state index in [0.29, 0.717) is 0 Å².